The minimum atomic E-state index is -1.25. The molecule has 0 saturated carbocycles. The van der Waals surface area contributed by atoms with Gasteiger partial charge in [-0.05, 0) is 6.10 Å². The van der Waals surface area contributed by atoms with Crippen molar-refractivity contribution in [2.75, 3.05) is 7.11 Å². The molecule has 0 heterocycles. The molecule has 0 rings (SSSR count). The van der Waals surface area contributed by atoms with Gasteiger partial charge in [0.2, 0.25) is 0 Å². The second-order valence-corrected chi connectivity index (χ2v) is 1.17. The second kappa shape index (κ2) is 6.19. The first kappa shape index (κ1) is 11.8. The van der Waals surface area contributed by atoms with Crippen LogP contribution in [0, 0.1) is 0 Å². The van der Waals surface area contributed by atoms with Gasteiger partial charge in [-0.1, -0.05) is 6.92 Å². The van der Waals surface area contributed by atoms with Crippen LogP contribution >= 0.6 is 0 Å². The van der Waals surface area contributed by atoms with Crippen LogP contribution in [-0.4, -0.2) is 19.2 Å². The van der Waals surface area contributed by atoms with Crippen molar-refractivity contribution in [3.05, 3.63) is 0 Å². The van der Waals surface area contributed by atoms with E-state index in [4.69, 9.17) is 0 Å². The SMILES string of the molecule is COC(=O)C(C)[O-].[K+]. The summed E-state index contributed by atoms with van der Waals surface area (Å²) in [6.07, 6.45) is -1.25. The number of hydrogen-bond acceptors (Lipinski definition) is 3. The van der Waals surface area contributed by atoms with Crippen molar-refractivity contribution >= 4 is 5.97 Å². The summed E-state index contributed by atoms with van der Waals surface area (Å²) in [5, 5.41) is 9.98. The molecule has 42 valence electrons. The fourth-order valence-corrected chi connectivity index (χ4v) is 0.166. The normalized spacial score (nSPS) is 11.4. The standard InChI is InChI=1S/C4H7O3.K/c1-3(5)4(6)7-2;/h3H,1-2H3;/q-1;+1. The zero-order chi connectivity index (χ0) is 5.86. The molecule has 0 aliphatic carbocycles. The predicted octanol–water partition coefficient (Wildman–Crippen LogP) is -4.09. The molecule has 0 aliphatic rings. The Morgan fingerprint density at radius 2 is 2.12 bits per heavy atom. The molecule has 0 aliphatic heterocycles. The second-order valence-electron chi connectivity index (χ2n) is 1.17. The van der Waals surface area contributed by atoms with Crippen molar-refractivity contribution < 1.29 is 66.0 Å². The summed E-state index contributed by atoms with van der Waals surface area (Å²) >= 11 is 0. The largest absolute Gasteiger partial charge is 1.00 e. The van der Waals surface area contributed by atoms with E-state index in [0.717, 1.165) is 0 Å². The first-order chi connectivity index (χ1) is 3.18. The maximum absolute atomic E-state index is 9.98. The fourth-order valence-electron chi connectivity index (χ4n) is 0.166. The van der Waals surface area contributed by atoms with E-state index >= 15 is 0 Å². The van der Waals surface area contributed by atoms with Crippen LogP contribution in [0.2, 0.25) is 0 Å². The molecule has 1 atom stereocenters. The van der Waals surface area contributed by atoms with Gasteiger partial charge in [0, 0.05) is 0 Å². The molecule has 0 amide bonds. The Hall–Kier alpha value is 1.07. The van der Waals surface area contributed by atoms with E-state index in [0.29, 0.717) is 0 Å². The topological polar surface area (TPSA) is 49.4 Å². The molecule has 0 bridgehead atoms. The third-order valence-electron chi connectivity index (χ3n) is 0.533. The van der Waals surface area contributed by atoms with Gasteiger partial charge in [-0.25, -0.2) is 0 Å². The Bertz CT molecular complexity index is 71.7. The Labute approximate surface area is 90.8 Å². The van der Waals surface area contributed by atoms with Crippen LogP contribution in [0.25, 0.3) is 0 Å². The van der Waals surface area contributed by atoms with Crippen molar-refractivity contribution in [2.45, 2.75) is 13.0 Å². The molecule has 0 N–H and O–H groups in total. The molecule has 1 unspecified atom stereocenters. The molecule has 0 saturated heterocycles. The van der Waals surface area contributed by atoms with E-state index in [2.05, 4.69) is 4.74 Å². The Morgan fingerprint density at radius 1 is 1.75 bits per heavy atom. The van der Waals surface area contributed by atoms with Gasteiger partial charge in [-0.15, -0.1) is 0 Å². The molecule has 0 radical (unpaired) electrons. The molecule has 0 fully saturated rings. The number of ether oxygens (including phenoxy) is 1. The summed E-state index contributed by atoms with van der Waals surface area (Å²) in [6.45, 7) is 1.24. The van der Waals surface area contributed by atoms with Crippen LogP contribution < -0.4 is 56.5 Å². The summed E-state index contributed by atoms with van der Waals surface area (Å²) in [4.78, 5) is 9.98. The van der Waals surface area contributed by atoms with E-state index in [-0.39, 0.29) is 51.4 Å². The van der Waals surface area contributed by atoms with Crippen LogP contribution in [-0.2, 0) is 9.53 Å². The predicted molar refractivity (Wildman–Crippen MR) is 21.5 cm³/mol. The van der Waals surface area contributed by atoms with Gasteiger partial charge >= 0.3 is 51.4 Å². The number of esters is 1. The van der Waals surface area contributed by atoms with Crippen molar-refractivity contribution in [1.82, 2.24) is 0 Å². The average molecular weight is 142 g/mol. The molecule has 0 spiro atoms. The van der Waals surface area contributed by atoms with Crippen molar-refractivity contribution in [2.24, 2.45) is 0 Å². The Balaban J connectivity index is 0. The maximum atomic E-state index is 9.98. The molecule has 0 aromatic rings. The van der Waals surface area contributed by atoms with Gasteiger partial charge in [0.1, 0.15) is 0 Å². The number of rotatable bonds is 1. The summed E-state index contributed by atoms with van der Waals surface area (Å²) < 4.78 is 4.06. The van der Waals surface area contributed by atoms with E-state index < -0.39 is 12.1 Å². The quantitative estimate of drug-likeness (QED) is 0.276. The van der Waals surface area contributed by atoms with Gasteiger partial charge in [0.25, 0.3) is 5.97 Å². The van der Waals surface area contributed by atoms with Crippen LogP contribution in [0.4, 0.5) is 0 Å². The molecule has 4 heteroatoms. The number of carbonyl (C=O) groups is 1. The number of carbonyl (C=O) groups excluding carboxylic acids is 1. The third-order valence-corrected chi connectivity index (χ3v) is 0.533. The van der Waals surface area contributed by atoms with Crippen molar-refractivity contribution in [3.8, 4) is 0 Å². The molecule has 0 aromatic carbocycles. The van der Waals surface area contributed by atoms with E-state index in [1.807, 2.05) is 0 Å². The zero-order valence-corrected chi connectivity index (χ0v) is 8.43. The van der Waals surface area contributed by atoms with E-state index in [1.54, 1.807) is 0 Å². The van der Waals surface area contributed by atoms with Gasteiger partial charge < -0.3 is 9.84 Å². The first-order valence-corrected chi connectivity index (χ1v) is 1.92. The van der Waals surface area contributed by atoms with Gasteiger partial charge in [0.15, 0.2) is 0 Å². The van der Waals surface area contributed by atoms with Gasteiger partial charge in [-0.3, -0.25) is 4.79 Å². The van der Waals surface area contributed by atoms with Crippen LogP contribution in [0.5, 0.6) is 0 Å². The smallest absolute Gasteiger partial charge is 0.844 e. The van der Waals surface area contributed by atoms with Crippen molar-refractivity contribution in [1.29, 1.82) is 0 Å². The molecule has 0 aromatic heterocycles. The molecule has 8 heavy (non-hydrogen) atoms. The monoisotopic (exact) mass is 142 g/mol. The minimum absolute atomic E-state index is 0. The van der Waals surface area contributed by atoms with Gasteiger partial charge in [-0.2, -0.15) is 0 Å². The van der Waals surface area contributed by atoms with Crippen LogP contribution in [0.15, 0.2) is 0 Å². The van der Waals surface area contributed by atoms with E-state index in [1.165, 1.54) is 14.0 Å². The van der Waals surface area contributed by atoms with Gasteiger partial charge in [0.05, 0.1) is 7.11 Å². The summed E-state index contributed by atoms with van der Waals surface area (Å²) in [6, 6.07) is 0. The minimum Gasteiger partial charge on any atom is -0.844 e. The summed E-state index contributed by atoms with van der Waals surface area (Å²) in [5.74, 6) is -0.708. The first-order valence-electron chi connectivity index (χ1n) is 1.92. The fraction of sp³-hybridized carbons (Fsp3) is 0.750. The molecule has 3 nitrogen and oxygen atoms in total. The Kier molecular flexibility index (Phi) is 9.14. The molecular weight excluding hydrogens is 135 g/mol. The molecular formula is C4H7KO3. The van der Waals surface area contributed by atoms with E-state index in [9.17, 15) is 9.90 Å². The zero-order valence-electron chi connectivity index (χ0n) is 5.30. The summed E-state index contributed by atoms with van der Waals surface area (Å²) in [7, 11) is 1.19. The maximum Gasteiger partial charge on any atom is 1.00 e. The van der Waals surface area contributed by atoms with Crippen molar-refractivity contribution in [3.63, 3.8) is 0 Å². The van der Waals surface area contributed by atoms with Crippen LogP contribution in [0.3, 0.4) is 0 Å². The van der Waals surface area contributed by atoms with Crippen LogP contribution in [0.1, 0.15) is 6.92 Å². The number of hydrogen-bond donors (Lipinski definition) is 0. The Morgan fingerprint density at radius 3 is 2.12 bits per heavy atom. The number of methoxy groups -OCH3 is 1. The average Bonchev–Trinajstić information content (AvgIpc) is 1.65. The summed E-state index contributed by atoms with van der Waals surface area (Å²) in [5.41, 5.74) is 0. The third kappa shape index (κ3) is 5.21.